The molecule has 138 valence electrons. The maximum absolute atomic E-state index is 12.5. The van der Waals surface area contributed by atoms with Gasteiger partial charge in [0.05, 0.1) is 10.3 Å². The van der Waals surface area contributed by atoms with E-state index in [-0.39, 0.29) is 36.3 Å². The Hall–Kier alpha value is -1.15. The van der Waals surface area contributed by atoms with Crippen LogP contribution in [0.1, 0.15) is 32.3 Å². The van der Waals surface area contributed by atoms with Crippen LogP contribution >= 0.6 is 12.4 Å². The number of benzene rings is 1. The molecule has 0 bridgehead atoms. The Bertz CT molecular complexity index is 635. The van der Waals surface area contributed by atoms with Crippen molar-refractivity contribution >= 4 is 28.3 Å². The molecule has 0 aliphatic heterocycles. The van der Waals surface area contributed by atoms with Crippen LogP contribution in [-0.2, 0) is 21.4 Å². The molecule has 0 saturated carbocycles. The summed E-state index contributed by atoms with van der Waals surface area (Å²) in [6.07, 6.45) is 1.28. The van der Waals surface area contributed by atoms with E-state index in [1.165, 1.54) is 14.1 Å². The molecule has 0 radical (unpaired) electrons. The minimum Gasteiger partial charge on any atom is -0.351 e. The molecule has 1 rings (SSSR count). The van der Waals surface area contributed by atoms with Crippen molar-refractivity contribution in [3.8, 4) is 0 Å². The third kappa shape index (κ3) is 4.69. The maximum atomic E-state index is 12.5. The van der Waals surface area contributed by atoms with Gasteiger partial charge in [-0.2, -0.15) is 0 Å². The quantitative estimate of drug-likeness (QED) is 0.721. The van der Waals surface area contributed by atoms with Gasteiger partial charge in [-0.3, -0.25) is 4.79 Å². The molecule has 0 saturated heterocycles. The molecule has 0 fully saturated rings. The van der Waals surface area contributed by atoms with Crippen molar-refractivity contribution < 1.29 is 13.2 Å². The first-order valence-corrected chi connectivity index (χ1v) is 9.18. The van der Waals surface area contributed by atoms with Crippen molar-refractivity contribution in [3.05, 3.63) is 29.8 Å². The monoisotopic (exact) mass is 377 g/mol. The second-order valence-corrected chi connectivity index (χ2v) is 7.89. The molecule has 0 spiro atoms. The van der Waals surface area contributed by atoms with Gasteiger partial charge < -0.3 is 11.1 Å². The van der Waals surface area contributed by atoms with E-state index in [0.717, 1.165) is 4.31 Å². The molecule has 0 heterocycles. The van der Waals surface area contributed by atoms with Crippen molar-refractivity contribution in [3.63, 3.8) is 0 Å². The second-order valence-electron chi connectivity index (χ2n) is 5.77. The Balaban J connectivity index is 0.00000529. The van der Waals surface area contributed by atoms with E-state index in [9.17, 15) is 13.2 Å². The number of nitrogens with two attached hydrogens (primary N) is 1. The van der Waals surface area contributed by atoms with Crippen LogP contribution in [0.3, 0.4) is 0 Å². The lowest BCUT2D eigenvalue weighted by Crippen LogP contribution is -2.45. The van der Waals surface area contributed by atoms with Crippen LogP contribution in [0, 0.1) is 5.41 Å². The van der Waals surface area contributed by atoms with E-state index in [1.807, 2.05) is 13.8 Å². The average Bonchev–Trinajstić information content (AvgIpc) is 2.55. The smallest absolute Gasteiger partial charge is 0.242 e. The lowest BCUT2D eigenvalue weighted by atomic mass is 9.81. The molecule has 0 atom stereocenters. The molecule has 0 unspecified atom stereocenters. The number of hydrogen-bond donors (Lipinski definition) is 2. The normalized spacial score (nSPS) is 11.9. The Kier molecular flexibility index (Phi) is 8.91. The van der Waals surface area contributed by atoms with Gasteiger partial charge in [-0.25, -0.2) is 12.7 Å². The summed E-state index contributed by atoms with van der Waals surface area (Å²) in [6.45, 7) is 4.29. The van der Waals surface area contributed by atoms with Gasteiger partial charge in [-0.15, -0.1) is 12.4 Å². The SMILES string of the molecule is CCC(CC)(CN)C(=O)NCc1ccccc1S(=O)(=O)N(C)C.Cl. The first-order chi connectivity index (χ1) is 10.7. The van der Waals surface area contributed by atoms with Crippen LogP contribution in [0.5, 0.6) is 0 Å². The van der Waals surface area contributed by atoms with E-state index in [0.29, 0.717) is 18.4 Å². The Labute approximate surface area is 151 Å². The number of halogens is 1. The third-order valence-electron chi connectivity index (χ3n) is 4.40. The van der Waals surface area contributed by atoms with Gasteiger partial charge in [0.15, 0.2) is 0 Å². The minimum atomic E-state index is -3.55. The van der Waals surface area contributed by atoms with Crippen molar-refractivity contribution in [1.82, 2.24) is 9.62 Å². The first-order valence-electron chi connectivity index (χ1n) is 7.74. The predicted molar refractivity (Wildman–Crippen MR) is 98.5 cm³/mol. The fourth-order valence-electron chi connectivity index (χ4n) is 2.41. The number of carbonyl (C=O) groups is 1. The molecular weight excluding hydrogens is 350 g/mol. The lowest BCUT2D eigenvalue weighted by molar-refractivity contribution is -0.131. The van der Waals surface area contributed by atoms with Gasteiger partial charge in [0, 0.05) is 27.2 Å². The van der Waals surface area contributed by atoms with Gasteiger partial charge in [0.1, 0.15) is 0 Å². The van der Waals surface area contributed by atoms with Crippen LogP contribution < -0.4 is 11.1 Å². The number of amides is 1. The number of hydrogen-bond acceptors (Lipinski definition) is 4. The molecule has 1 aromatic rings. The van der Waals surface area contributed by atoms with Crippen LogP contribution in [0.15, 0.2) is 29.2 Å². The summed E-state index contributed by atoms with van der Waals surface area (Å²) in [4.78, 5) is 12.7. The summed E-state index contributed by atoms with van der Waals surface area (Å²) >= 11 is 0. The van der Waals surface area contributed by atoms with Gasteiger partial charge in [0.2, 0.25) is 15.9 Å². The Morgan fingerprint density at radius 3 is 2.21 bits per heavy atom. The lowest BCUT2D eigenvalue weighted by Gasteiger charge is -2.28. The van der Waals surface area contributed by atoms with E-state index >= 15 is 0 Å². The van der Waals surface area contributed by atoms with Crippen molar-refractivity contribution in [1.29, 1.82) is 0 Å². The summed E-state index contributed by atoms with van der Waals surface area (Å²) in [6, 6.07) is 6.68. The van der Waals surface area contributed by atoms with Crippen LogP contribution in [0.25, 0.3) is 0 Å². The highest BCUT2D eigenvalue weighted by Gasteiger charge is 2.33. The van der Waals surface area contributed by atoms with E-state index in [4.69, 9.17) is 5.73 Å². The van der Waals surface area contributed by atoms with Crippen LogP contribution in [0.4, 0.5) is 0 Å². The van der Waals surface area contributed by atoms with Crippen molar-refractivity contribution in [2.24, 2.45) is 11.1 Å². The van der Waals surface area contributed by atoms with Crippen molar-refractivity contribution in [2.45, 2.75) is 38.1 Å². The summed E-state index contributed by atoms with van der Waals surface area (Å²) in [5.41, 5.74) is 5.74. The summed E-state index contributed by atoms with van der Waals surface area (Å²) in [5.74, 6) is -0.137. The van der Waals surface area contributed by atoms with Gasteiger partial charge in [-0.05, 0) is 24.5 Å². The summed E-state index contributed by atoms with van der Waals surface area (Å²) in [5, 5.41) is 2.84. The molecule has 0 aliphatic carbocycles. The molecule has 24 heavy (non-hydrogen) atoms. The van der Waals surface area contributed by atoms with Gasteiger partial charge in [0.25, 0.3) is 0 Å². The standard InChI is InChI=1S/C16H27N3O3S.ClH/c1-5-16(6-2,12-17)15(20)18-11-13-9-7-8-10-14(13)23(21,22)19(3)4;/h7-10H,5-6,11-12,17H2,1-4H3,(H,18,20);1H. The maximum Gasteiger partial charge on any atom is 0.242 e. The molecule has 1 amide bonds. The van der Waals surface area contributed by atoms with Gasteiger partial charge >= 0.3 is 0 Å². The van der Waals surface area contributed by atoms with Gasteiger partial charge in [-0.1, -0.05) is 32.0 Å². The molecule has 6 nitrogen and oxygen atoms in total. The number of nitrogens with zero attached hydrogens (tertiary/aromatic N) is 1. The zero-order valence-corrected chi connectivity index (χ0v) is 16.3. The van der Waals surface area contributed by atoms with E-state index < -0.39 is 15.4 Å². The molecule has 0 aliphatic rings. The Morgan fingerprint density at radius 2 is 1.75 bits per heavy atom. The predicted octanol–water partition coefficient (Wildman–Crippen LogP) is 1.74. The molecule has 3 N–H and O–H groups in total. The highest BCUT2D eigenvalue weighted by atomic mass is 35.5. The highest BCUT2D eigenvalue weighted by molar-refractivity contribution is 7.89. The number of carbonyl (C=O) groups excluding carboxylic acids is 1. The zero-order valence-electron chi connectivity index (χ0n) is 14.7. The first kappa shape index (κ1) is 22.9. The molecule has 8 heteroatoms. The second kappa shape index (κ2) is 9.36. The fourth-order valence-corrected chi connectivity index (χ4v) is 3.53. The van der Waals surface area contributed by atoms with E-state index in [2.05, 4.69) is 5.32 Å². The molecule has 0 aromatic heterocycles. The molecular formula is C16H28ClN3O3S. The topological polar surface area (TPSA) is 92.5 Å². The molecule has 1 aromatic carbocycles. The third-order valence-corrected chi connectivity index (χ3v) is 6.31. The minimum absolute atomic E-state index is 0. The summed E-state index contributed by atoms with van der Waals surface area (Å²) in [7, 11) is -0.581. The van der Waals surface area contributed by atoms with Crippen LogP contribution in [0.2, 0.25) is 0 Å². The summed E-state index contributed by atoms with van der Waals surface area (Å²) < 4.78 is 25.9. The highest BCUT2D eigenvalue weighted by Crippen LogP contribution is 2.25. The van der Waals surface area contributed by atoms with Crippen LogP contribution in [-0.4, -0.2) is 39.3 Å². The zero-order chi connectivity index (χ0) is 17.7. The van der Waals surface area contributed by atoms with E-state index in [1.54, 1.807) is 24.3 Å². The average molecular weight is 378 g/mol. The number of nitrogens with one attached hydrogen (secondary N) is 1. The van der Waals surface area contributed by atoms with Crippen molar-refractivity contribution in [2.75, 3.05) is 20.6 Å². The largest absolute Gasteiger partial charge is 0.351 e. The fraction of sp³-hybridized carbons (Fsp3) is 0.562. The Morgan fingerprint density at radius 1 is 1.21 bits per heavy atom. The number of rotatable bonds is 8. The number of sulfonamides is 1.